The summed E-state index contributed by atoms with van der Waals surface area (Å²) in [6.07, 6.45) is 0. The number of hydrogen-bond acceptors (Lipinski definition) is 2. The Morgan fingerprint density at radius 3 is 2.52 bits per heavy atom. The number of rotatable bonds is 3. The molecule has 0 fully saturated rings. The van der Waals surface area contributed by atoms with Gasteiger partial charge in [0.15, 0.2) is 0 Å². The van der Waals surface area contributed by atoms with Gasteiger partial charge in [0.2, 0.25) is 0 Å². The number of H-pyrrole nitrogens is 1. The van der Waals surface area contributed by atoms with E-state index in [9.17, 15) is 9.90 Å². The van der Waals surface area contributed by atoms with Crippen LogP contribution in [0.5, 0.6) is 0 Å². The summed E-state index contributed by atoms with van der Waals surface area (Å²) in [4.78, 5) is 11.3. The fourth-order valence-corrected chi connectivity index (χ4v) is 2.24. The van der Waals surface area contributed by atoms with E-state index in [4.69, 9.17) is 0 Å². The normalized spacial score (nSPS) is 10.5. The third-order valence-electron chi connectivity index (χ3n) is 3.37. The lowest BCUT2D eigenvalue weighted by Gasteiger charge is -2.02. The van der Waals surface area contributed by atoms with Gasteiger partial charge in [0.25, 0.3) is 0 Å². The van der Waals surface area contributed by atoms with Gasteiger partial charge < -0.3 is 5.11 Å². The molecule has 4 heteroatoms. The number of benzene rings is 2. The van der Waals surface area contributed by atoms with E-state index in [1.165, 1.54) is 5.56 Å². The minimum atomic E-state index is -0.947. The van der Waals surface area contributed by atoms with Crippen LogP contribution < -0.4 is 0 Å². The molecule has 0 aliphatic heterocycles. The minimum absolute atomic E-state index is 0.261. The van der Waals surface area contributed by atoms with Gasteiger partial charge in [-0.2, -0.15) is 5.10 Å². The van der Waals surface area contributed by atoms with E-state index in [1.807, 2.05) is 43.3 Å². The van der Waals surface area contributed by atoms with Gasteiger partial charge in [0, 0.05) is 11.1 Å². The average Bonchev–Trinajstić information content (AvgIpc) is 2.97. The fraction of sp³-hybridized carbons (Fsp3) is 0.0588. The number of aromatic amines is 1. The molecule has 0 saturated heterocycles. The maximum Gasteiger partial charge on any atom is 0.336 e. The summed E-state index contributed by atoms with van der Waals surface area (Å²) in [5.74, 6) is -0.947. The predicted octanol–water partition coefficient (Wildman–Crippen LogP) is 3.75. The molecule has 2 aromatic carbocycles. The molecule has 0 bridgehead atoms. The van der Waals surface area contributed by atoms with Crippen molar-refractivity contribution in [3.63, 3.8) is 0 Å². The second-order valence-corrected chi connectivity index (χ2v) is 4.88. The highest BCUT2D eigenvalue weighted by atomic mass is 16.4. The Labute approximate surface area is 122 Å². The average molecular weight is 278 g/mol. The van der Waals surface area contributed by atoms with Crippen molar-refractivity contribution in [3.05, 3.63) is 65.7 Å². The van der Waals surface area contributed by atoms with Gasteiger partial charge in [0.05, 0.1) is 17.0 Å². The van der Waals surface area contributed by atoms with Crippen molar-refractivity contribution < 1.29 is 9.90 Å². The first kappa shape index (κ1) is 13.1. The van der Waals surface area contributed by atoms with Crippen LogP contribution in [-0.4, -0.2) is 21.3 Å². The third-order valence-corrected chi connectivity index (χ3v) is 3.37. The van der Waals surface area contributed by atoms with Gasteiger partial charge in [-0.1, -0.05) is 48.0 Å². The topological polar surface area (TPSA) is 66.0 Å². The summed E-state index contributed by atoms with van der Waals surface area (Å²) < 4.78 is 0. The molecule has 3 aromatic rings. The summed E-state index contributed by atoms with van der Waals surface area (Å²) in [6.45, 7) is 2.03. The molecule has 0 atom stereocenters. The smallest absolute Gasteiger partial charge is 0.336 e. The zero-order valence-electron chi connectivity index (χ0n) is 11.5. The molecule has 3 rings (SSSR count). The van der Waals surface area contributed by atoms with Crippen LogP contribution in [0.25, 0.3) is 22.5 Å². The molecule has 1 heterocycles. The van der Waals surface area contributed by atoms with Gasteiger partial charge in [0.1, 0.15) is 0 Å². The quantitative estimate of drug-likeness (QED) is 0.766. The number of carboxylic acids is 1. The van der Waals surface area contributed by atoms with Crippen molar-refractivity contribution >= 4 is 5.97 Å². The van der Waals surface area contributed by atoms with E-state index in [2.05, 4.69) is 10.2 Å². The second-order valence-electron chi connectivity index (χ2n) is 4.88. The zero-order chi connectivity index (χ0) is 14.8. The maximum absolute atomic E-state index is 11.3. The SMILES string of the molecule is Cc1ccc(-c2cc(-c3ccccc3C(=O)O)[nH]n2)cc1. The largest absolute Gasteiger partial charge is 0.478 e. The molecule has 0 aliphatic carbocycles. The molecule has 0 saturated carbocycles. The van der Waals surface area contributed by atoms with Crippen LogP contribution in [0.15, 0.2) is 54.6 Å². The van der Waals surface area contributed by atoms with Gasteiger partial charge in [-0.3, -0.25) is 5.10 Å². The van der Waals surface area contributed by atoms with E-state index in [0.29, 0.717) is 11.3 Å². The van der Waals surface area contributed by atoms with Crippen LogP contribution >= 0.6 is 0 Å². The van der Waals surface area contributed by atoms with E-state index >= 15 is 0 Å². The Bertz CT molecular complexity index is 789. The van der Waals surface area contributed by atoms with Crippen LogP contribution in [-0.2, 0) is 0 Å². The number of nitrogens with zero attached hydrogens (tertiary/aromatic N) is 1. The van der Waals surface area contributed by atoms with Crippen LogP contribution in [0.1, 0.15) is 15.9 Å². The number of aromatic carboxylic acids is 1. The molecule has 104 valence electrons. The van der Waals surface area contributed by atoms with E-state index in [0.717, 1.165) is 11.3 Å². The Hall–Kier alpha value is -2.88. The Kier molecular flexibility index (Phi) is 3.28. The third kappa shape index (κ3) is 2.56. The first-order chi connectivity index (χ1) is 10.1. The molecule has 21 heavy (non-hydrogen) atoms. The van der Waals surface area contributed by atoms with Crippen LogP contribution in [0.2, 0.25) is 0 Å². The van der Waals surface area contributed by atoms with Crippen LogP contribution in [0, 0.1) is 6.92 Å². The number of aromatic nitrogens is 2. The fourth-order valence-electron chi connectivity index (χ4n) is 2.24. The van der Waals surface area contributed by atoms with Gasteiger partial charge >= 0.3 is 5.97 Å². The number of aryl methyl sites for hydroxylation is 1. The number of hydrogen-bond donors (Lipinski definition) is 2. The highest BCUT2D eigenvalue weighted by Crippen LogP contribution is 2.26. The molecule has 4 nitrogen and oxygen atoms in total. The molecule has 1 aromatic heterocycles. The van der Waals surface area contributed by atoms with Crippen LogP contribution in [0.3, 0.4) is 0 Å². The highest BCUT2D eigenvalue weighted by Gasteiger charge is 2.13. The molecule has 0 spiro atoms. The molecule has 2 N–H and O–H groups in total. The molecular formula is C17H14N2O2. The summed E-state index contributed by atoms with van der Waals surface area (Å²) in [5, 5.41) is 16.4. The predicted molar refractivity (Wildman–Crippen MR) is 81.2 cm³/mol. The van der Waals surface area contributed by atoms with Crippen molar-refractivity contribution in [2.45, 2.75) is 6.92 Å². The van der Waals surface area contributed by atoms with Gasteiger partial charge in [-0.25, -0.2) is 4.79 Å². The van der Waals surface area contributed by atoms with Crippen molar-refractivity contribution in [1.82, 2.24) is 10.2 Å². The lowest BCUT2D eigenvalue weighted by atomic mass is 10.0. The van der Waals surface area contributed by atoms with Crippen LogP contribution in [0.4, 0.5) is 0 Å². The number of carboxylic acid groups (broad SMARTS) is 1. The zero-order valence-corrected chi connectivity index (χ0v) is 11.5. The first-order valence-electron chi connectivity index (χ1n) is 6.60. The standard InChI is InChI=1S/C17H14N2O2/c1-11-6-8-12(9-7-11)15-10-16(19-18-15)13-4-2-3-5-14(13)17(20)21/h2-10H,1H3,(H,18,19)(H,20,21). The Morgan fingerprint density at radius 1 is 1.10 bits per heavy atom. The van der Waals surface area contributed by atoms with Gasteiger partial charge in [-0.05, 0) is 19.1 Å². The first-order valence-corrected chi connectivity index (χ1v) is 6.60. The maximum atomic E-state index is 11.3. The Morgan fingerprint density at radius 2 is 1.81 bits per heavy atom. The molecular weight excluding hydrogens is 264 g/mol. The second kappa shape index (κ2) is 5.25. The summed E-state index contributed by atoms with van der Waals surface area (Å²) in [6, 6.07) is 16.8. The molecule has 0 amide bonds. The van der Waals surface area contributed by atoms with Crippen molar-refractivity contribution in [3.8, 4) is 22.5 Å². The summed E-state index contributed by atoms with van der Waals surface area (Å²) in [7, 11) is 0. The Balaban J connectivity index is 2.03. The van der Waals surface area contributed by atoms with Crippen molar-refractivity contribution in [1.29, 1.82) is 0 Å². The minimum Gasteiger partial charge on any atom is -0.478 e. The van der Waals surface area contributed by atoms with E-state index < -0.39 is 5.97 Å². The van der Waals surface area contributed by atoms with E-state index in [-0.39, 0.29) is 5.56 Å². The lowest BCUT2D eigenvalue weighted by Crippen LogP contribution is -1.98. The number of nitrogens with one attached hydrogen (secondary N) is 1. The van der Waals surface area contributed by atoms with Gasteiger partial charge in [-0.15, -0.1) is 0 Å². The highest BCUT2D eigenvalue weighted by molar-refractivity contribution is 5.95. The van der Waals surface area contributed by atoms with Crippen molar-refractivity contribution in [2.24, 2.45) is 0 Å². The summed E-state index contributed by atoms with van der Waals surface area (Å²) >= 11 is 0. The number of carbonyl (C=O) groups is 1. The monoisotopic (exact) mass is 278 g/mol. The van der Waals surface area contributed by atoms with E-state index in [1.54, 1.807) is 18.2 Å². The molecule has 0 aliphatic rings. The molecule has 0 unspecified atom stereocenters. The molecule has 0 radical (unpaired) electrons. The van der Waals surface area contributed by atoms with Crippen molar-refractivity contribution in [2.75, 3.05) is 0 Å². The lowest BCUT2D eigenvalue weighted by molar-refractivity contribution is 0.0697. The summed E-state index contributed by atoms with van der Waals surface area (Å²) in [5.41, 5.74) is 4.57.